The monoisotopic (exact) mass is 281 g/mol. The second kappa shape index (κ2) is 6.55. The van der Waals surface area contributed by atoms with Crippen LogP contribution in [0.25, 0.3) is 0 Å². The number of rotatable bonds is 6. The van der Waals surface area contributed by atoms with Gasteiger partial charge < -0.3 is 14.8 Å². The van der Waals surface area contributed by atoms with E-state index in [9.17, 15) is 4.39 Å². The first-order valence-corrected chi connectivity index (χ1v) is 7.29. The van der Waals surface area contributed by atoms with E-state index in [0.717, 1.165) is 26.0 Å². The lowest BCUT2D eigenvalue weighted by Crippen LogP contribution is -2.49. The Labute approximate surface area is 120 Å². The van der Waals surface area contributed by atoms with Gasteiger partial charge in [0.25, 0.3) is 0 Å². The Balaban J connectivity index is 2.20. The molecule has 2 atom stereocenters. The SMILES string of the molecule is CCNC(Cc1cccc(OC)c1F)C1(C)CCCO1. The summed E-state index contributed by atoms with van der Waals surface area (Å²) in [6, 6.07) is 5.41. The fraction of sp³-hybridized carbons (Fsp3) is 0.625. The minimum absolute atomic E-state index is 0.108. The van der Waals surface area contributed by atoms with Crippen molar-refractivity contribution in [2.75, 3.05) is 20.3 Å². The fourth-order valence-electron chi connectivity index (χ4n) is 2.92. The molecule has 1 fully saturated rings. The van der Waals surface area contributed by atoms with Gasteiger partial charge in [-0.15, -0.1) is 0 Å². The molecule has 1 heterocycles. The Hall–Kier alpha value is -1.13. The number of hydrogen-bond donors (Lipinski definition) is 1. The third kappa shape index (κ3) is 3.13. The third-order valence-electron chi connectivity index (χ3n) is 4.12. The standard InChI is InChI=1S/C16H24FNO2/c1-4-18-14(16(2)9-6-10-20-16)11-12-7-5-8-13(19-3)15(12)17/h5,7-8,14,18H,4,6,9-11H2,1-3H3. The lowest BCUT2D eigenvalue weighted by atomic mass is 9.88. The fourth-order valence-corrected chi connectivity index (χ4v) is 2.92. The minimum Gasteiger partial charge on any atom is -0.494 e. The number of nitrogens with one attached hydrogen (secondary N) is 1. The van der Waals surface area contributed by atoms with E-state index in [2.05, 4.69) is 19.2 Å². The summed E-state index contributed by atoms with van der Waals surface area (Å²) < 4.78 is 25.3. The molecule has 20 heavy (non-hydrogen) atoms. The van der Waals surface area contributed by atoms with Gasteiger partial charge in [-0.1, -0.05) is 19.1 Å². The molecule has 0 saturated carbocycles. The first-order valence-electron chi connectivity index (χ1n) is 7.29. The van der Waals surface area contributed by atoms with Crippen LogP contribution in [0.4, 0.5) is 4.39 Å². The van der Waals surface area contributed by atoms with E-state index in [-0.39, 0.29) is 17.5 Å². The van der Waals surface area contributed by atoms with E-state index in [0.29, 0.717) is 17.7 Å². The van der Waals surface area contributed by atoms with Crippen molar-refractivity contribution in [1.82, 2.24) is 5.32 Å². The molecule has 0 radical (unpaired) electrons. The van der Waals surface area contributed by atoms with Gasteiger partial charge in [0.2, 0.25) is 0 Å². The van der Waals surface area contributed by atoms with Crippen molar-refractivity contribution in [1.29, 1.82) is 0 Å². The van der Waals surface area contributed by atoms with Gasteiger partial charge in [0.05, 0.1) is 12.7 Å². The zero-order valence-corrected chi connectivity index (χ0v) is 12.5. The second-order valence-corrected chi connectivity index (χ2v) is 5.51. The number of likely N-dealkylation sites (N-methyl/N-ethyl adjacent to an activating group) is 1. The number of hydrogen-bond acceptors (Lipinski definition) is 3. The summed E-state index contributed by atoms with van der Waals surface area (Å²) in [4.78, 5) is 0. The van der Waals surface area contributed by atoms with Gasteiger partial charge in [0.15, 0.2) is 11.6 Å². The van der Waals surface area contributed by atoms with Crippen LogP contribution in [0.3, 0.4) is 0 Å². The van der Waals surface area contributed by atoms with Gasteiger partial charge in [0.1, 0.15) is 0 Å². The number of ether oxygens (including phenoxy) is 2. The summed E-state index contributed by atoms with van der Waals surface area (Å²) in [6.07, 6.45) is 2.68. The quantitative estimate of drug-likeness (QED) is 0.869. The van der Waals surface area contributed by atoms with Crippen LogP contribution in [0.1, 0.15) is 32.3 Å². The highest BCUT2D eigenvalue weighted by molar-refractivity contribution is 5.32. The van der Waals surface area contributed by atoms with Gasteiger partial charge in [-0.25, -0.2) is 4.39 Å². The summed E-state index contributed by atoms with van der Waals surface area (Å²) in [5.41, 5.74) is 0.456. The lowest BCUT2D eigenvalue weighted by molar-refractivity contribution is -0.0112. The molecule has 112 valence electrons. The van der Waals surface area contributed by atoms with Crippen LogP contribution in [0.15, 0.2) is 18.2 Å². The zero-order valence-electron chi connectivity index (χ0n) is 12.5. The third-order valence-corrected chi connectivity index (χ3v) is 4.12. The maximum Gasteiger partial charge on any atom is 0.168 e. The average molecular weight is 281 g/mol. The maximum atomic E-state index is 14.3. The van der Waals surface area contributed by atoms with E-state index in [1.54, 1.807) is 6.07 Å². The van der Waals surface area contributed by atoms with Gasteiger partial charge >= 0.3 is 0 Å². The largest absolute Gasteiger partial charge is 0.494 e. The van der Waals surface area contributed by atoms with Crippen LogP contribution in [0.2, 0.25) is 0 Å². The Bertz CT molecular complexity index is 444. The molecule has 3 nitrogen and oxygen atoms in total. The van der Waals surface area contributed by atoms with E-state index < -0.39 is 0 Å². The summed E-state index contributed by atoms with van der Waals surface area (Å²) in [5, 5.41) is 3.45. The Morgan fingerprint density at radius 2 is 2.30 bits per heavy atom. The van der Waals surface area contributed by atoms with Crippen molar-refractivity contribution in [2.45, 2.75) is 44.8 Å². The zero-order chi connectivity index (χ0) is 14.6. The molecule has 1 aromatic carbocycles. The molecule has 0 bridgehead atoms. The van der Waals surface area contributed by atoms with Crippen LogP contribution in [-0.4, -0.2) is 31.9 Å². The van der Waals surface area contributed by atoms with Crippen LogP contribution in [0.5, 0.6) is 5.75 Å². The molecular formula is C16H24FNO2. The van der Waals surface area contributed by atoms with Crippen molar-refractivity contribution in [3.8, 4) is 5.75 Å². The Kier molecular flexibility index (Phi) is 5.00. The molecule has 0 aromatic heterocycles. The van der Waals surface area contributed by atoms with Crippen molar-refractivity contribution in [3.63, 3.8) is 0 Å². The van der Waals surface area contributed by atoms with Crippen molar-refractivity contribution < 1.29 is 13.9 Å². The summed E-state index contributed by atoms with van der Waals surface area (Å²) >= 11 is 0. The lowest BCUT2D eigenvalue weighted by Gasteiger charge is -2.34. The summed E-state index contributed by atoms with van der Waals surface area (Å²) in [5.74, 6) is 0.0368. The van der Waals surface area contributed by atoms with Crippen LogP contribution in [0, 0.1) is 5.82 Å². The highest BCUT2D eigenvalue weighted by Crippen LogP contribution is 2.31. The number of halogens is 1. The summed E-state index contributed by atoms with van der Waals surface area (Å²) in [7, 11) is 1.49. The van der Waals surface area contributed by atoms with E-state index in [1.165, 1.54) is 7.11 Å². The molecule has 1 aliphatic rings. The molecule has 1 aliphatic heterocycles. The Morgan fingerprint density at radius 3 is 2.90 bits per heavy atom. The highest BCUT2D eigenvalue weighted by Gasteiger charge is 2.38. The summed E-state index contributed by atoms with van der Waals surface area (Å²) in [6.45, 7) is 5.81. The second-order valence-electron chi connectivity index (χ2n) is 5.51. The molecule has 2 rings (SSSR count). The molecule has 0 amide bonds. The van der Waals surface area contributed by atoms with Gasteiger partial charge in [-0.3, -0.25) is 0 Å². The van der Waals surface area contributed by atoms with Gasteiger partial charge in [-0.2, -0.15) is 0 Å². The number of methoxy groups -OCH3 is 1. The van der Waals surface area contributed by atoms with E-state index in [1.807, 2.05) is 12.1 Å². The van der Waals surface area contributed by atoms with Gasteiger partial charge in [0, 0.05) is 12.6 Å². The molecule has 2 unspecified atom stereocenters. The topological polar surface area (TPSA) is 30.5 Å². The average Bonchev–Trinajstić information content (AvgIpc) is 2.88. The van der Waals surface area contributed by atoms with Crippen molar-refractivity contribution in [3.05, 3.63) is 29.6 Å². The molecule has 1 aromatic rings. The molecule has 4 heteroatoms. The molecule has 0 aliphatic carbocycles. The maximum absolute atomic E-state index is 14.3. The molecular weight excluding hydrogens is 257 g/mol. The minimum atomic E-state index is -0.264. The highest BCUT2D eigenvalue weighted by atomic mass is 19.1. The Morgan fingerprint density at radius 1 is 1.50 bits per heavy atom. The number of benzene rings is 1. The van der Waals surface area contributed by atoms with Gasteiger partial charge in [-0.05, 0) is 44.4 Å². The van der Waals surface area contributed by atoms with Crippen molar-refractivity contribution >= 4 is 0 Å². The first-order chi connectivity index (χ1) is 9.60. The molecule has 1 saturated heterocycles. The van der Waals surface area contributed by atoms with Crippen molar-refractivity contribution in [2.24, 2.45) is 0 Å². The van der Waals surface area contributed by atoms with E-state index in [4.69, 9.17) is 9.47 Å². The normalized spacial score (nSPS) is 23.8. The first kappa shape index (κ1) is 15.3. The smallest absolute Gasteiger partial charge is 0.168 e. The van der Waals surface area contributed by atoms with Crippen LogP contribution < -0.4 is 10.1 Å². The van der Waals surface area contributed by atoms with Crippen LogP contribution >= 0.6 is 0 Å². The van der Waals surface area contributed by atoms with Crippen LogP contribution in [-0.2, 0) is 11.2 Å². The van der Waals surface area contributed by atoms with E-state index >= 15 is 0 Å². The molecule has 0 spiro atoms. The molecule has 1 N–H and O–H groups in total. The predicted octanol–water partition coefficient (Wildman–Crippen LogP) is 2.92. The predicted molar refractivity (Wildman–Crippen MR) is 77.7 cm³/mol.